The summed E-state index contributed by atoms with van der Waals surface area (Å²) < 4.78 is 11.7. The minimum atomic E-state index is -0.992. The summed E-state index contributed by atoms with van der Waals surface area (Å²) in [5.41, 5.74) is 0. The van der Waals surface area contributed by atoms with E-state index in [4.69, 9.17) is 11.5 Å². The number of nitrogens with zero attached hydrogens (tertiary/aromatic N) is 1. The van der Waals surface area contributed by atoms with Crippen molar-refractivity contribution in [2.75, 3.05) is 26.3 Å². The Balaban J connectivity index is 3.70. The van der Waals surface area contributed by atoms with Crippen molar-refractivity contribution in [3.63, 3.8) is 0 Å². The van der Waals surface area contributed by atoms with E-state index in [1.807, 2.05) is 0 Å². The number of terminal acetylenes is 1. The van der Waals surface area contributed by atoms with Gasteiger partial charge in [0.2, 0.25) is 0 Å². The Morgan fingerprint density at radius 1 is 1.73 bits per heavy atom. The number of hydrogen-bond donors (Lipinski definition) is 1. The monoisotopic (exact) mass is 159 g/mol. The Morgan fingerprint density at radius 3 is 2.73 bits per heavy atom. The first-order valence-electron chi connectivity index (χ1n) is 3.14. The molecule has 0 aromatic carbocycles. The van der Waals surface area contributed by atoms with Gasteiger partial charge in [-0.15, -0.1) is 6.42 Å². The number of hydrogen-bond acceptors (Lipinski definition) is 2. The van der Waals surface area contributed by atoms with Crippen molar-refractivity contribution in [2.24, 2.45) is 0 Å². The Morgan fingerprint density at radius 2 is 2.36 bits per heavy atom. The van der Waals surface area contributed by atoms with Crippen molar-refractivity contribution < 1.29 is 14.3 Å². The zero-order valence-corrected chi connectivity index (χ0v) is 6.09. The highest BCUT2D eigenvalue weighted by atomic mass is 19.1. The fraction of sp³-hybridized carbons (Fsp3) is 0.571. The molecule has 0 radical (unpaired) electrons. The lowest BCUT2D eigenvalue weighted by atomic mass is 10.4. The highest BCUT2D eigenvalue weighted by Gasteiger charge is 2.06. The summed E-state index contributed by atoms with van der Waals surface area (Å²) in [4.78, 5) is 11.5. The summed E-state index contributed by atoms with van der Waals surface area (Å²) in [7, 11) is 0. The van der Waals surface area contributed by atoms with Crippen molar-refractivity contribution in [3.8, 4) is 12.3 Å². The highest BCUT2D eigenvalue weighted by Crippen LogP contribution is 1.86. The molecule has 3 nitrogen and oxygen atoms in total. The van der Waals surface area contributed by atoms with Crippen molar-refractivity contribution >= 4 is 5.97 Å². The second kappa shape index (κ2) is 5.69. The largest absolute Gasteiger partial charge is 0.480 e. The van der Waals surface area contributed by atoms with Gasteiger partial charge in [-0.2, -0.15) is 0 Å². The van der Waals surface area contributed by atoms with Crippen LogP contribution in [0, 0.1) is 12.3 Å². The zero-order valence-electron chi connectivity index (χ0n) is 6.09. The Labute approximate surface area is 64.8 Å². The van der Waals surface area contributed by atoms with E-state index in [2.05, 4.69) is 5.92 Å². The number of halogens is 1. The molecule has 62 valence electrons. The van der Waals surface area contributed by atoms with Gasteiger partial charge in [0.15, 0.2) is 0 Å². The van der Waals surface area contributed by atoms with Crippen molar-refractivity contribution in [1.82, 2.24) is 4.90 Å². The summed E-state index contributed by atoms with van der Waals surface area (Å²) in [5.74, 6) is 1.26. The zero-order chi connectivity index (χ0) is 8.69. The Bertz CT molecular complexity index is 164. The summed E-state index contributed by atoms with van der Waals surface area (Å²) >= 11 is 0. The molecule has 0 bridgehead atoms. The molecule has 0 unspecified atom stereocenters. The highest BCUT2D eigenvalue weighted by molar-refractivity contribution is 5.69. The molecule has 0 fully saturated rings. The van der Waals surface area contributed by atoms with Gasteiger partial charge in [-0.3, -0.25) is 9.69 Å². The average Bonchev–Trinajstić information content (AvgIpc) is 1.87. The molecule has 0 rings (SSSR count). The Kier molecular flexibility index (Phi) is 5.13. The van der Waals surface area contributed by atoms with E-state index in [0.717, 1.165) is 0 Å². The molecule has 0 spiro atoms. The molecule has 4 heteroatoms. The van der Waals surface area contributed by atoms with Gasteiger partial charge in [-0.25, -0.2) is 4.39 Å². The maximum absolute atomic E-state index is 11.7. The van der Waals surface area contributed by atoms with Crippen LogP contribution in [-0.2, 0) is 4.79 Å². The first-order chi connectivity index (χ1) is 5.20. The lowest BCUT2D eigenvalue weighted by Crippen LogP contribution is -2.31. The fourth-order valence-electron chi connectivity index (χ4n) is 0.654. The lowest BCUT2D eigenvalue weighted by molar-refractivity contribution is -0.138. The lowest BCUT2D eigenvalue weighted by Gasteiger charge is -2.14. The number of carboxylic acids is 1. The molecule has 0 heterocycles. The maximum Gasteiger partial charge on any atom is 0.317 e. The van der Waals surface area contributed by atoms with Crippen LogP contribution in [0.25, 0.3) is 0 Å². The minimum absolute atomic E-state index is 0.0799. The maximum atomic E-state index is 11.7. The SMILES string of the molecule is C#CCN(CCF)CC(=O)O. The normalized spacial score (nSPS) is 9.55. The third-order valence-electron chi connectivity index (χ3n) is 1.07. The summed E-state index contributed by atoms with van der Waals surface area (Å²) in [5, 5.41) is 8.30. The Hall–Kier alpha value is -1.08. The molecule has 0 aliphatic heterocycles. The van der Waals surface area contributed by atoms with Gasteiger partial charge in [0.25, 0.3) is 0 Å². The smallest absolute Gasteiger partial charge is 0.317 e. The van der Waals surface area contributed by atoms with Crippen LogP contribution in [0.4, 0.5) is 4.39 Å². The van der Waals surface area contributed by atoms with Crippen LogP contribution in [0.15, 0.2) is 0 Å². The molecule has 11 heavy (non-hydrogen) atoms. The molecule has 0 saturated heterocycles. The number of alkyl halides is 1. The van der Waals surface area contributed by atoms with Gasteiger partial charge in [0, 0.05) is 6.54 Å². The molecule has 0 saturated carbocycles. The molecule has 0 aliphatic carbocycles. The van der Waals surface area contributed by atoms with Crippen LogP contribution in [0.5, 0.6) is 0 Å². The van der Waals surface area contributed by atoms with E-state index >= 15 is 0 Å². The standard InChI is InChI=1S/C7H10FNO2/c1-2-4-9(5-3-8)6-7(10)11/h1H,3-6H2,(H,10,11). The van der Waals surface area contributed by atoms with Crippen molar-refractivity contribution in [2.45, 2.75) is 0 Å². The van der Waals surface area contributed by atoms with Crippen LogP contribution in [0.2, 0.25) is 0 Å². The van der Waals surface area contributed by atoms with Gasteiger partial charge in [0.1, 0.15) is 6.67 Å². The summed E-state index contributed by atoms with van der Waals surface area (Å²) in [6.07, 6.45) is 4.93. The second-order valence-electron chi connectivity index (χ2n) is 2.00. The topological polar surface area (TPSA) is 40.5 Å². The number of carbonyl (C=O) groups is 1. The van der Waals surface area contributed by atoms with E-state index in [9.17, 15) is 9.18 Å². The van der Waals surface area contributed by atoms with Gasteiger partial charge < -0.3 is 5.11 Å². The molecule has 0 aromatic heterocycles. The van der Waals surface area contributed by atoms with E-state index in [1.54, 1.807) is 0 Å². The second-order valence-corrected chi connectivity index (χ2v) is 2.00. The van der Waals surface area contributed by atoms with Crippen LogP contribution in [0.1, 0.15) is 0 Å². The predicted molar refractivity (Wildman–Crippen MR) is 38.9 cm³/mol. The number of carboxylic acid groups (broad SMARTS) is 1. The van der Waals surface area contributed by atoms with Crippen LogP contribution in [-0.4, -0.2) is 42.3 Å². The summed E-state index contributed by atoms with van der Waals surface area (Å²) in [6, 6.07) is 0. The van der Waals surface area contributed by atoms with Crippen LogP contribution >= 0.6 is 0 Å². The average molecular weight is 159 g/mol. The van der Waals surface area contributed by atoms with Crippen molar-refractivity contribution in [1.29, 1.82) is 0 Å². The van der Waals surface area contributed by atoms with Crippen molar-refractivity contribution in [3.05, 3.63) is 0 Å². The van der Waals surface area contributed by atoms with Crippen LogP contribution < -0.4 is 0 Å². The number of aliphatic carboxylic acids is 1. The van der Waals surface area contributed by atoms with E-state index in [1.165, 1.54) is 4.90 Å². The van der Waals surface area contributed by atoms with Gasteiger partial charge in [-0.1, -0.05) is 5.92 Å². The third-order valence-corrected chi connectivity index (χ3v) is 1.07. The first kappa shape index (κ1) is 9.92. The summed E-state index contributed by atoms with van der Waals surface area (Å²) in [6.45, 7) is -0.518. The molecule has 1 N–H and O–H groups in total. The third kappa shape index (κ3) is 5.37. The van der Waals surface area contributed by atoms with Crippen LogP contribution in [0.3, 0.4) is 0 Å². The van der Waals surface area contributed by atoms with E-state index in [0.29, 0.717) is 0 Å². The molecule has 0 atom stereocenters. The molecular formula is C7H10FNO2. The van der Waals surface area contributed by atoms with Gasteiger partial charge in [0.05, 0.1) is 13.1 Å². The van der Waals surface area contributed by atoms with E-state index < -0.39 is 12.6 Å². The van der Waals surface area contributed by atoms with E-state index in [-0.39, 0.29) is 19.6 Å². The van der Waals surface area contributed by atoms with Gasteiger partial charge in [-0.05, 0) is 0 Å². The van der Waals surface area contributed by atoms with Gasteiger partial charge >= 0.3 is 5.97 Å². The number of rotatable bonds is 5. The molecule has 0 aromatic rings. The predicted octanol–water partition coefficient (Wildman–Crippen LogP) is -0.0243. The minimum Gasteiger partial charge on any atom is -0.480 e. The quantitative estimate of drug-likeness (QED) is 0.573. The molecule has 0 aliphatic rings. The molecular weight excluding hydrogens is 149 g/mol. The fourth-order valence-corrected chi connectivity index (χ4v) is 0.654. The molecule has 0 amide bonds. The first-order valence-corrected chi connectivity index (χ1v) is 3.14.